The summed E-state index contributed by atoms with van der Waals surface area (Å²) in [6.07, 6.45) is 7.84. The maximum absolute atomic E-state index is 6.05. The molecular formula is C16H28N4. The first-order valence-electron chi connectivity index (χ1n) is 8.12. The number of fused-ring (bicyclic) bond motifs is 1. The Morgan fingerprint density at radius 2 is 2.05 bits per heavy atom. The number of nitrogens with zero attached hydrogens (tertiary/aromatic N) is 3. The van der Waals surface area contributed by atoms with Crippen molar-refractivity contribution >= 4 is 5.82 Å². The molecule has 20 heavy (non-hydrogen) atoms. The molecule has 2 heterocycles. The van der Waals surface area contributed by atoms with Crippen molar-refractivity contribution in [1.29, 1.82) is 0 Å². The molecule has 4 heteroatoms. The number of hydrogen-bond acceptors (Lipinski definition) is 3. The summed E-state index contributed by atoms with van der Waals surface area (Å²) in [6, 6.07) is 0.936. The highest BCUT2D eigenvalue weighted by Crippen LogP contribution is 2.40. The van der Waals surface area contributed by atoms with Crippen molar-refractivity contribution in [2.75, 3.05) is 11.4 Å². The third-order valence-corrected chi connectivity index (χ3v) is 5.10. The summed E-state index contributed by atoms with van der Waals surface area (Å²) >= 11 is 0. The number of aryl methyl sites for hydroxylation is 2. The van der Waals surface area contributed by atoms with E-state index >= 15 is 0 Å². The Kier molecular flexibility index (Phi) is 3.76. The quantitative estimate of drug-likeness (QED) is 0.922. The van der Waals surface area contributed by atoms with Crippen molar-refractivity contribution in [3.05, 3.63) is 11.3 Å². The molecule has 1 aromatic rings. The van der Waals surface area contributed by atoms with E-state index in [9.17, 15) is 0 Å². The summed E-state index contributed by atoms with van der Waals surface area (Å²) in [6.45, 7) is 5.40. The Morgan fingerprint density at radius 3 is 2.80 bits per heavy atom. The standard InChI is InChI=1S/C16H28N4/c1-11(17)10-14-12(2)18-19(3)16(14)20-9-5-7-13-6-4-8-15(13)20/h11,13,15H,4-10,17H2,1-3H3. The second kappa shape index (κ2) is 5.40. The van der Waals surface area contributed by atoms with E-state index in [0.29, 0.717) is 0 Å². The number of aromatic nitrogens is 2. The smallest absolute Gasteiger partial charge is 0.130 e. The van der Waals surface area contributed by atoms with Crippen molar-refractivity contribution in [2.45, 2.75) is 64.5 Å². The van der Waals surface area contributed by atoms with Crippen molar-refractivity contribution in [2.24, 2.45) is 18.7 Å². The maximum Gasteiger partial charge on any atom is 0.130 e. The molecule has 1 aliphatic heterocycles. The Morgan fingerprint density at radius 1 is 1.30 bits per heavy atom. The van der Waals surface area contributed by atoms with Gasteiger partial charge >= 0.3 is 0 Å². The molecule has 0 radical (unpaired) electrons. The summed E-state index contributed by atoms with van der Waals surface area (Å²) in [5.41, 5.74) is 8.58. The Bertz CT molecular complexity index is 477. The lowest BCUT2D eigenvalue weighted by molar-refractivity contribution is 0.357. The zero-order valence-electron chi connectivity index (χ0n) is 13.1. The predicted molar refractivity (Wildman–Crippen MR) is 83.0 cm³/mol. The molecule has 0 spiro atoms. The second-order valence-corrected chi connectivity index (χ2v) is 6.79. The van der Waals surface area contributed by atoms with Crippen LogP contribution >= 0.6 is 0 Å². The molecule has 3 atom stereocenters. The Hall–Kier alpha value is -1.03. The van der Waals surface area contributed by atoms with Crippen molar-refractivity contribution in [3.63, 3.8) is 0 Å². The number of anilines is 1. The average Bonchev–Trinajstić information content (AvgIpc) is 2.95. The van der Waals surface area contributed by atoms with Crippen molar-refractivity contribution < 1.29 is 0 Å². The molecule has 3 rings (SSSR count). The van der Waals surface area contributed by atoms with Crippen LogP contribution in [0.1, 0.15) is 50.3 Å². The van der Waals surface area contributed by atoms with E-state index in [1.54, 1.807) is 0 Å². The Balaban J connectivity index is 1.96. The normalized spacial score (nSPS) is 27.7. The lowest BCUT2D eigenvalue weighted by Crippen LogP contribution is -2.44. The largest absolute Gasteiger partial charge is 0.353 e. The lowest BCUT2D eigenvalue weighted by Gasteiger charge is -2.40. The summed E-state index contributed by atoms with van der Waals surface area (Å²) < 4.78 is 2.09. The van der Waals surface area contributed by atoms with E-state index in [1.807, 2.05) is 0 Å². The molecule has 112 valence electrons. The number of rotatable bonds is 3. The van der Waals surface area contributed by atoms with Crippen LogP contribution in [0.3, 0.4) is 0 Å². The second-order valence-electron chi connectivity index (χ2n) is 6.79. The van der Waals surface area contributed by atoms with Crippen molar-refractivity contribution in [3.8, 4) is 0 Å². The van der Waals surface area contributed by atoms with Gasteiger partial charge in [-0.1, -0.05) is 6.42 Å². The summed E-state index contributed by atoms with van der Waals surface area (Å²) in [4.78, 5) is 2.65. The van der Waals surface area contributed by atoms with Gasteiger partial charge in [-0.05, 0) is 51.9 Å². The highest BCUT2D eigenvalue weighted by Gasteiger charge is 2.37. The van der Waals surface area contributed by atoms with Gasteiger partial charge in [0.1, 0.15) is 5.82 Å². The van der Waals surface area contributed by atoms with Gasteiger partial charge in [0.15, 0.2) is 0 Å². The van der Waals surface area contributed by atoms with Crippen LogP contribution in [0.5, 0.6) is 0 Å². The van der Waals surface area contributed by atoms with E-state index in [-0.39, 0.29) is 6.04 Å². The number of hydrogen-bond donors (Lipinski definition) is 1. The van der Waals surface area contributed by atoms with E-state index in [2.05, 4.69) is 35.6 Å². The van der Waals surface area contributed by atoms with Gasteiger partial charge in [-0.25, -0.2) is 0 Å². The zero-order valence-corrected chi connectivity index (χ0v) is 13.1. The third kappa shape index (κ3) is 2.34. The molecule has 1 saturated carbocycles. The molecule has 0 amide bonds. The van der Waals surface area contributed by atoms with Crippen LogP contribution in [0, 0.1) is 12.8 Å². The zero-order chi connectivity index (χ0) is 14.3. The van der Waals surface area contributed by atoms with Crippen LogP contribution in [-0.2, 0) is 13.5 Å². The fourth-order valence-electron chi connectivity index (χ4n) is 4.33. The van der Waals surface area contributed by atoms with Gasteiger partial charge in [0.25, 0.3) is 0 Å². The molecule has 0 aromatic carbocycles. The average molecular weight is 276 g/mol. The first kappa shape index (κ1) is 13.9. The first-order valence-corrected chi connectivity index (χ1v) is 8.12. The number of nitrogens with two attached hydrogens (primary N) is 1. The van der Waals surface area contributed by atoms with Gasteiger partial charge < -0.3 is 10.6 Å². The topological polar surface area (TPSA) is 47.1 Å². The monoisotopic (exact) mass is 276 g/mol. The molecule has 1 aromatic heterocycles. The molecule has 1 saturated heterocycles. The highest BCUT2D eigenvalue weighted by atomic mass is 15.4. The van der Waals surface area contributed by atoms with E-state index in [4.69, 9.17) is 5.73 Å². The lowest BCUT2D eigenvalue weighted by atomic mass is 9.91. The first-order chi connectivity index (χ1) is 9.58. The SMILES string of the molecule is Cc1nn(C)c(N2CCCC3CCCC32)c1CC(C)N. The van der Waals surface area contributed by atoms with E-state index in [0.717, 1.165) is 24.1 Å². The summed E-state index contributed by atoms with van der Waals surface area (Å²) in [5, 5.41) is 4.67. The molecular weight excluding hydrogens is 248 g/mol. The van der Waals surface area contributed by atoms with E-state index in [1.165, 1.54) is 50.0 Å². The van der Waals surface area contributed by atoms with Gasteiger partial charge in [-0.3, -0.25) is 4.68 Å². The van der Waals surface area contributed by atoms with Crippen molar-refractivity contribution in [1.82, 2.24) is 9.78 Å². The molecule has 2 N–H and O–H groups in total. The summed E-state index contributed by atoms with van der Waals surface area (Å²) in [5.74, 6) is 2.25. The minimum Gasteiger partial charge on any atom is -0.353 e. The van der Waals surface area contributed by atoms with Crippen LogP contribution in [0.15, 0.2) is 0 Å². The Labute approximate surface area is 122 Å². The van der Waals surface area contributed by atoms with Gasteiger partial charge in [0, 0.05) is 31.2 Å². The fraction of sp³-hybridized carbons (Fsp3) is 0.812. The van der Waals surface area contributed by atoms with Crippen LogP contribution < -0.4 is 10.6 Å². The minimum absolute atomic E-state index is 0.195. The minimum atomic E-state index is 0.195. The molecule has 1 aliphatic carbocycles. The van der Waals surface area contributed by atoms with Gasteiger partial charge in [0.05, 0.1) is 5.69 Å². The fourth-order valence-corrected chi connectivity index (χ4v) is 4.33. The van der Waals surface area contributed by atoms with Crippen LogP contribution in [0.25, 0.3) is 0 Å². The molecule has 0 bridgehead atoms. The molecule has 3 unspecified atom stereocenters. The molecule has 4 nitrogen and oxygen atoms in total. The van der Waals surface area contributed by atoms with E-state index < -0.39 is 0 Å². The highest BCUT2D eigenvalue weighted by molar-refractivity contribution is 5.52. The van der Waals surface area contributed by atoms with Crippen LogP contribution in [0.2, 0.25) is 0 Å². The third-order valence-electron chi connectivity index (χ3n) is 5.10. The van der Waals surface area contributed by atoms with Crippen LogP contribution in [-0.4, -0.2) is 28.4 Å². The molecule has 2 aliphatic rings. The van der Waals surface area contributed by atoms with Gasteiger partial charge in [0.2, 0.25) is 0 Å². The summed E-state index contributed by atoms with van der Waals surface area (Å²) in [7, 11) is 2.09. The maximum atomic E-state index is 6.05. The number of piperidine rings is 1. The predicted octanol–water partition coefficient (Wildman–Crippen LogP) is 2.39. The van der Waals surface area contributed by atoms with Gasteiger partial charge in [-0.15, -0.1) is 0 Å². The van der Waals surface area contributed by atoms with Crippen LogP contribution in [0.4, 0.5) is 5.82 Å². The van der Waals surface area contributed by atoms with Gasteiger partial charge in [-0.2, -0.15) is 5.10 Å². The molecule has 2 fully saturated rings.